The third kappa shape index (κ3) is 14.1. The van der Waals surface area contributed by atoms with Gasteiger partial charge in [0.15, 0.2) is 17.5 Å². The van der Waals surface area contributed by atoms with Gasteiger partial charge in [0.25, 0.3) is 5.91 Å². The van der Waals surface area contributed by atoms with E-state index in [4.69, 9.17) is 49.0 Å². The average Bonchev–Trinajstić information content (AvgIpc) is 1.75. The van der Waals surface area contributed by atoms with Crippen molar-refractivity contribution in [3.8, 4) is 22.6 Å². The van der Waals surface area contributed by atoms with Gasteiger partial charge < -0.3 is 53.1 Å². The van der Waals surface area contributed by atoms with E-state index in [1.54, 1.807) is 55.9 Å². The van der Waals surface area contributed by atoms with Crippen LogP contribution >= 0.6 is 0 Å². The Kier molecular flexibility index (Phi) is 18.8. The topological polar surface area (TPSA) is 317 Å². The Morgan fingerprint density at radius 1 is 0.713 bits per heavy atom. The molecule has 5 N–H and O–H groups in total. The van der Waals surface area contributed by atoms with Crippen molar-refractivity contribution in [3.05, 3.63) is 148 Å². The first-order valence-electron chi connectivity index (χ1n) is 28.6. The molecule has 0 spiro atoms. The van der Waals surface area contributed by atoms with Crippen molar-refractivity contribution in [1.29, 1.82) is 0 Å². The number of nitrogens with two attached hydrogens (primary N) is 2. The number of amides is 3. The number of imidazole rings is 2. The summed E-state index contributed by atoms with van der Waals surface area (Å²) in [6.45, 7) is 12.1. The van der Waals surface area contributed by atoms with E-state index in [0.717, 1.165) is 22.3 Å². The molecule has 4 heterocycles. The largest absolute Gasteiger partial charge is 0.494 e. The highest BCUT2D eigenvalue weighted by Crippen LogP contribution is 2.45. The Labute approximate surface area is 500 Å². The lowest BCUT2D eigenvalue weighted by Gasteiger charge is -2.21. The maximum atomic E-state index is 14.1. The molecule has 0 saturated carbocycles. The van der Waals surface area contributed by atoms with Crippen LogP contribution in [0.25, 0.3) is 33.2 Å². The van der Waals surface area contributed by atoms with Gasteiger partial charge in [-0.05, 0) is 86.6 Å². The number of anilines is 1. The average molecular weight is 1190 g/mol. The fourth-order valence-corrected chi connectivity index (χ4v) is 10.6. The zero-order valence-electron chi connectivity index (χ0n) is 49.8. The highest BCUT2D eigenvalue weighted by molar-refractivity contribution is 6.04. The molecule has 4 aromatic carbocycles. The number of aryl methyl sites for hydroxylation is 4. The third-order valence-corrected chi connectivity index (χ3v) is 14.5. The molecule has 4 aromatic heterocycles. The minimum atomic E-state index is -1.05. The molecule has 1 aliphatic carbocycles. The van der Waals surface area contributed by atoms with Gasteiger partial charge in [-0.3, -0.25) is 38.9 Å². The molecule has 8 aromatic rings. The number of ether oxygens (including phenoxy) is 5. The van der Waals surface area contributed by atoms with Gasteiger partial charge in [-0.1, -0.05) is 74.5 Å². The zero-order valence-corrected chi connectivity index (χ0v) is 49.8. The van der Waals surface area contributed by atoms with E-state index in [0.29, 0.717) is 52.6 Å². The molecule has 0 fully saturated rings. The Hall–Kier alpha value is -9.93. The van der Waals surface area contributed by atoms with Gasteiger partial charge >= 0.3 is 17.9 Å². The summed E-state index contributed by atoms with van der Waals surface area (Å²) in [5, 5.41) is 2.83. The number of benzene rings is 4. The van der Waals surface area contributed by atoms with E-state index in [9.17, 15) is 33.6 Å². The number of hydrogen-bond acceptors (Lipinski definition) is 18. The van der Waals surface area contributed by atoms with Crippen LogP contribution in [-0.2, 0) is 60.9 Å². The molecule has 0 unspecified atom stereocenters. The van der Waals surface area contributed by atoms with Gasteiger partial charge in [0, 0.05) is 56.8 Å². The number of hydrogen-bond donors (Lipinski definition) is 3. The highest BCUT2D eigenvalue weighted by atomic mass is 16.6. The molecule has 454 valence electrons. The van der Waals surface area contributed by atoms with Crippen LogP contribution in [0.1, 0.15) is 148 Å². The van der Waals surface area contributed by atoms with Gasteiger partial charge in [0.2, 0.25) is 29.3 Å². The zero-order chi connectivity index (χ0) is 62.3. The summed E-state index contributed by atoms with van der Waals surface area (Å²) in [5.41, 5.74) is 17.4. The van der Waals surface area contributed by atoms with Crippen molar-refractivity contribution in [2.45, 2.75) is 118 Å². The first kappa shape index (κ1) is 61.6. The van der Waals surface area contributed by atoms with E-state index in [1.165, 1.54) is 31.4 Å². The number of nitrogens with zero attached hydrogens (tertiary/aromatic N) is 6. The smallest absolute Gasteiger partial charge is 0.309 e. The number of carbonyl (C=O) groups excluding carboxylic acids is 7. The van der Waals surface area contributed by atoms with Crippen molar-refractivity contribution < 1.29 is 66.1 Å². The second-order valence-corrected chi connectivity index (χ2v) is 21.9. The van der Waals surface area contributed by atoms with Crippen molar-refractivity contribution in [2.24, 2.45) is 17.4 Å². The summed E-state index contributed by atoms with van der Waals surface area (Å²) >= 11 is 0. The molecular weight excluding hydrogens is 1120 g/mol. The highest BCUT2D eigenvalue weighted by Gasteiger charge is 2.32. The number of nitrogens with one attached hydrogen (secondary N) is 1. The quantitative estimate of drug-likeness (QED) is 0.0142. The molecule has 0 bridgehead atoms. The van der Waals surface area contributed by atoms with Crippen molar-refractivity contribution >= 4 is 69.4 Å². The molecular formula is C64H69N9O14. The lowest BCUT2D eigenvalue weighted by atomic mass is 9.97. The molecule has 1 atom stereocenters. The van der Waals surface area contributed by atoms with Gasteiger partial charge in [0.1, 0.15) is 40.6 Å². The Balaban J connectivity index is 0.955. The normalized spacial score (nSPS) is 12.5. The fourth-order valence-electron chi connectivity index (χ4n) is 10.6. The molecule has 87 heavy (non-hydrogen) atoms. The monoisotopic (exact) mass is 1190 g/mol. The first-order valence-corrected chi connectivity index (χ1v) is 28.6. The number of primary amides is 2. The summed E-state index contributed by atoms with van der Waals surface area (Å²) in [4.78, 5) is 112. The SMILES string of the molecule is CCc1nc(C)oc1C(=O)Cc1nc2cc(C(N)=O)cc(OCCCOC(=O)[C@@H](CCC(=O)OC(C)(C)C)CC(=O)OCC3c4ccccc4-c4ccccc43)c2n1C/C=C/Cn1c(NC(=O)c2oc(C)nc2CC)nc2cc(C(N)=O)cc(OC)c21. The predicted molar refractivity (Wildman–Crippen MR) is 318 cm³/mol. The second kappa shape index (κ2) is 26.5. The van der Waals surface area contributed by atoms with Gasteiger partial charge in [-0.2, -0.15) is 0 Å². The number of fused-ring (bicyclic) bond motifs is 5. The molecule has 23 nitrogen and oxygen atoms in total. The Morgan fingerprint density at radius 3 is 1.90 bits per heavy atom. The minimum absolute atomic E-state index is 0.0113. The Bertz CT molecular complexity index is 3940. The number of ketones is 1. The number of oxazole rings is 2. The van der Waals surface area contributed by atoms with E-state index in [2.05, 4.69) is 20.3 Å². The minimum Gasteiger partial charge on any atom is -0.494 e. The molecule has 1 aliphatic rings. The first-order chi connectivity index (χ1) is 41.6. The summed E-state index contributed by atoms with van der Waals surface area (Å²) < 4.78 is 44.1. The van der Waals surface area contributed by atoms with E-state index >= 15 is 0 Å². The van der Waals surface area contributed by atoms with Gasteiger partial charge in [-0.15, -0.1) is 0 Å². The molecule has 0 saturated heterocycles. The summed E-state index contributed by atoms with van der Waals surface area (Å²) in [6.07, 6.45) is 3.72. The number of allylic oxidation sites excluding steroid dienone is 2. The number of methoxy groups -OCH3 is 1. The third-order valence-electron chi connectivity index (χ3n) is 14.5. The number of rotatable bonds is 27. The summed E-state index contributed by atoms with van der Waals surface area (Å²) in [7, 11) is 1.42. The molecule has 0 radical (unpaired) electrons. The molecule has 0 aliphatic heterocycles. The van der Waals surface area contributed by atoms with Crippen LogP contribution in [0.5, 0.6) is 11.5 Å². The van der Waals surface area contributed by atoms with E-state index in [-0.39, 0.29) is 122 Å². The van der Waals surface area contributed by atoms with Crippen LogP contribution < -0.4 is 26.3 Å². The Morgan fingerprint density at radius 2 is 1.29 bits per heavy atom. The molecule has 23 heteroatoms. The lowest BCUT2D eigenvalue weighted by molar-refractivity contribution is -0.159. The van der Waals surface area contributed by atoms with Crippen LogP contribution in [-0.4, -0.2) is 103 Å². The van der Waals surface area contributed by atoms with E-state index < -0.39 is 52.9 Å². The standard InChI is InChI=1S/C64H69N9O14/c1-9-45-57(85-35(3)67-45)49(74)33-52-69-47-28-39(60(66)78)31-51(56(47)72(52)24-15-16-25-73-55-48(29-38(59(65)77)30-50(55)81-8)70-63(73)71-61(79)58-46(10-2)68-36(4)86-58)82-26-17-27-83-62(80)37(22-23-53(75)87-64(5,6)7)32-54(76)84-34-44-42-20-13-11-18-40(42)41-19-12-14-21-43(41)44/h11-16,18-21,28-31,37,44H,9-10,17,22-27,32-34H2,1-8H3,(H2,65,77)(H2,66,78)(H,70,71,79)/b16-15+/t37-/m0/s1. The van der Waals surface area contributed by atoms with Crippen LogP contribution in [0.15, 0.2) is 93.8 Å². The number of esters is 3. The summed E-state index contributed by atoms with van der Waals surface area (Å²) in [5.74, 6) is -4.19. The summed E-state index contributed by atoms with van der Waals surface area (Å²) in [6, 6.07) is 21.8. The maximum Gasteiger partial charge on any atom is 0.309 e. The van der Waals surface area contributed by atoms with Gasteiger partial charge in [-0.25, -0.2) is 19.9 Å². The van der Waals surface area contributed by atoms with E-state index in [1.807, 2.05) is 62.4 Å². The van der Waals surface area contributed by atoms with Crippen molar-refractivity contribution in [1.82, 2.24) is 29.1 Å². The molecule has 3 amide bonds. The maximum absolute atomic E-state index is 14.1. The lowest BCUT2D eigenvalue weighted by Crippen LogP contribution is -2.27. The fraction of sp³-hybridized carbons (Fsp3) is 0.359. The van der Waals surface area contributed by atoms with Crippen LogP contribution in [0.3, 0.4) is 0 Å². The predicted octanol–water partition coefficient (Wildman–Crippen LogP) is 9.04. The van der Waals surface area contributed by atoms with Crippen LogP contribution in [0.4, 0.5) is 5.95 Å². The van der Waals surface area contributed by atoms with Gasteiger partial charge in [0.05, 0.1) is 61.5 Å². The number of carbonyl (C=O) groups is 7. The molecule has 9 rings (SSSR count). The van der Waals surface area contributed by atoms with Crippen molar-refractivity contribution in [2.75, 3.05) is 32.2 Å². The van der Waals surface area contributed by atoms with Crippen LogP contribution in [0.2, 0.25) is 0 Å². The second-order valence-electron chi connectivity index (χ2n) is 21.9. The number of Topliss-reactive ketones (excluding diaryl/α,β-unsaturated/α-hetero) is 1. The van der Waals surface area contributed by atoms with Crippen molar-refractivity contribution in [3.63, 3.8) is 0 Å². The number of aromatic nitrogens is 6. The van der Waals surface area contributed by atoms with Crippen LogP contribution in [0, 0.1) is 19.8 Å².